The van der Waals surface area contributed by atoms with Crippen molar-refractivity contribution in [2.45, 2.75) is 23.7 Å². The summed E-state index contributed by atoms with van der Waals surface area (Å²) < 4.78 is 103. The predicted molar refractivity (Wildman–Crippen MR) is 117 cm³/mol. The van der Waals surface area contributed by atoms with Gasteiger partial charge in [-0.05, 0) is 23.8 Å². The van der Waals surface area contributed by atoms with Crippen molar-refractivity contribution in [3.05, 3.63) is 65.9 Å². The maximum atomic E-state index is 13.5. The van der Waals surface area contributed by atoms with Crippen molar-refractivity contribution >= 4 is 37.7 Å². The molecule has 0 saturated heterocycles. The van der Waals surface area contributed by atoms with Crippen LogP contribution >= 0.6 is 11.3 Å². The lowest BCUT2D eigenvalue weighted by molar-refractivity contribution is -0.137. The van der Waals surface area contributed by atoms with Gasteiger partial charge < -0.3 is 5.41 Å². The summed E-state index contributed by atoms with van der Waals surface area (Å²) in [5, 5.41) is 7.12. The number of nitrogens with one attached hydrogen (secondary N) is 1. The lowest BCUT2D eigenvalue weighted by atomic mass is 9.98. The van der Waals surface area contributed by atoms with Crippen molar-refractivity contribution in [3.63, 3.8) is 0 Å². The van der Waals surface area contributed by atoms with Crippen molar-refractivity contribution in [3.8, 4) is 10.4 Å². The highest BCUT2D eigenvalue weighted by Crippen LogP contribution is 2.36. The van der Waals surface area contributed by atoms with Crippen molar-refractivity contribution in [1.82, 2.24) is 4.98 Å². The van der Waals surface area contributed by atoms with Crippen LogP contribution in [0.15, 0.2) is 64.6 Å². The largest absolute Gasteiger partial charge is 0.429 e. The molecule has 13 heteroatoms. The van der Waals surface area contributed by atoms with Gasteiger partial charge in [-0.2, -0.15) is 26.3 Å². The molecule has 180 valence electrons. The van der Waals surface area contributed by atoms with Crippen LogP contribution in [-0.4, -0.2) is 37.3 Å². The summed E-state index contributed by atoms with van der Waals surface area (Å²) in [6.45, 7) is 0. The highest BCUT2D eigenvalue weighted by molar-refractivity contribution is 7.90. The summed E-state index contributed by atoms with van der Waals surface area (Å²) in [5.41, 5.74) is -3.75. The topological polar surface area (TPSA) is 83.2 Å². The number of hydrogen-bond acceptors (Lipinski definition) is 6. The SMILES string of the molecule is CS(=O)(=O)c1cccc(-c2cnc(N=C(CC(=N)C(F)(F)F)c3ccccc3C(F)(F)F)s2)c1. The minimum Gasteiger partial charge on any atom is -0.300 e. The first kappa shape index (κ1) is 25.6. The van der Waals surface area contributed by atoms with Crippen LogP contribution in [0.5, 0.6) is 0 Å². The molecule has 0 fully saturated rings. The molecule has 3 aromatic rings. The zero-order valence-electron chi connectivity index (χ0n) is 17.2. The van der Waals surface area contributed by atoms with Crippen LogP contribution < -0.4 is 0 Å². The van der Waals surface area contributed by atoms with Gasteiger partial charge >= 0.3 is 12.4 Å². The molecule has 0 unspecified atom stereocenters. The van der Waals surface area contributed by atoms with Crippen LogP contribution in [0.2, 0.25) is 0 Å². The predicted octanol–water partition coefficient (Wildman–Crippen LogP) is 6.33. The van der Waals surface area contributed by atoms with E-state index in [1.165, 1.54) is 30.5 Å². The van der Waals surface area contributed by atoms with E-state index in [9.17, 15) is 34.8 Å². The molecule has 1 heterocycles. The first-order chi connectivity index (χ1) is 15.7. The van der Waals surface area contributed by atoms with E-state index in [4.69, 9.17) is 5.41 Å². The first-order valence-corrected chi connectivity index (χ1v) is 12.0. The van der Waals surface area contributed by atoms with E-state index >= 15 is 0 Å². The second-order valence-electron chi connectivity index (χ2n) is 7.06. The first-order valence-electron chi connectivity index (χ1n) is 9.31. The Morgan fingerprint density at radius 1 is 1.06 bits per heavy atom. The molecule has 5 nitrogen and oxygen atoms in total. The monoisotopic (exact) mass is 519 g/mol. The van der Waals surface area contributed by atoms with E-state index in [0.29, 0.717) is 16.5 Å². The fourth-order valence-electron chi connectivity index (χ4n) is 2.89. The molecule has 0 aliphatic carbocycles. The molecule has 0 aliphatic heterocycles. The summed E-state index contributed by atoms with van der Waals surface area (Å²) in [7, 11) is -3.51. The van der Waals surface area contributed by atoms with Gasteiger partial charge in [0, 0.05) is 24.4 Å². The molecule has 1 aromatic heterocycles. The zero-order valence-corrected chi connectivity index (χ0v) is 18.8. The van der Waals surface area contributed by atoms with Crippen LogP contribution in [0.25, 0.3) is 10.4 Å². The summed E-state index contributed by atoms with van der Waals surface area (Å²) >= 11 is 0.850. The van der Waals surface area contributed by atoms with Crippen molar-refractivity contribution in [1.29, 1.82) is 5.41 Å². The van der Waals surface area contributed by atoms with E-state index in [1.807, 2.05) is 0 Å². The van der Waals surface area contributed by atoms with E-state index in [2.05, 4.69) is 9.98 Å². The molecular weight excluding hydrogens is 504 g/mol. The number of sulfone groups is 1. The van der Waals surface area contributed by atoms with Gasteiger partial charge in [0.05, 0.1) is 21.0 Å². The number of halogens is 6. The van der Waals surface area contributed by atoms with Gasteiger partial charge in [0.1, 0.15) is 5.71 Å². The number of hydrogen-bond donors (Lipinski definition) is 1. The molecule has 0 spiro atoms. The molecule has 1 N–H and O–H groups in total. The van der Waals surface area contributed by atoms with Crippen molar-refractivity contribution in [2.75, 3.05) is 6.26 Å². The normalized spacial score (nSPS) is 13.2. The average Bonchev–Trinajstić information content (AvgIpc) is 3.20. The van der Waals surface area contributed by atoms with Crippen molar-refractivity contribution < 1.29 is 34.8 Å². The van der Waals surface area contributed by atoms with E-state index in [1.54, 1.807) is 6.07 Å². The summed E-state index contributed by atoms with van der Waals surface area (Å²) in [5.74, 6) is 0. The number of thiazole rings is 1. The lowest BCUT2D eigenvalue weighted by Gasteiger charge is -2.15. The number of alkyl halides is 6. The summed E-state index contributed by atoms with van der Waals surface area (Å²) in [6.07, 6.45) is -8.80. The van der Waals surface area contributed by atoms with Gasteiger partial charge in [0.2, 0.25) is 5.13 Å². The van der Waals surface area contributed by atoms with E-state index in [0.717, 1.165) is 29.7 Å². The number of aliphatic imine (C=N–C) groups is 1. The Morgan fingerprint density at radius 3 is 2.35 bits per heavy atom. The van der Waals surface area contributed by atoms with Crippen LogP contribution in [0, 0.1) is 5.41 Å². The third kappa shape index (κ3) is 6.08. The van der Waals surface area contributed by atoms with Gasteiger partial charge in [-0.3, -0.25) is 0 Å². The Balaban J connectivity index is 2.09. The molecule has 0 bridgehead atoms. The van der Waals surface area contributed by atoms with Crippen LogP contribution in [-0.2, 0) is 16.0 Å². The highest BCUT2D eigenvalue weighted by atomic mass is 32.2. The van der Waals surface area contributed by atoms with Gasteiger partial charge in [-0.1, -0.05) is 41.7 Å². The Labute approximate surface area is 194 Å². The average molecular weight is 519 g/mol. The lowest BCUT2D eigenvalue weighted by Crippen LogP contribution is -2.26. The quantitative estimate of drug-likeness (QED) is 0.305. The Morgan fingerprint density at radius 2 is 1.74 bits per heavy atom. The maximum absolute atomic E-state index is 13.5. The van der Waals surface area contributed by atoms with Crippen LogP contribution in [0.4, 0.5) is 31.5 Å². The van der Waals surface area contributed by atoms with Crippen molar-refractivity contribution in [2.24, 2.45) is 4.99 Å². The molecule has 3 rings (SSSR count). The number of benzene rings is 2. The number of aromatic nitrogens is 1. The Hall–Kier alpha value is -3.06. The highest BCUT2D eigenvalue weighted by Gasteiger charge is 2.38. The fraction of sp³-hybridized carbons (Fsp3) is 0.190. The van der Waals surface area contributed by atoms with Gasteiger partial charge in [0.15, 0.2) is 9.84 Å². The van der Waals surface area contributed by atoms with E-state index < -0.39 is 51.2 Å². The van der Waals surface area contributed by atoms with E-state index in [-0.39, 0.29) is 10.0 Å². The second kappa shape index (κ2) is 9.29. The van der Waals surface area contributed by atoms with Crippen LogP contribution in [0.3, 0.4) is 0 Å². The number of rotatable bonds is 6. The summed E-state index contributed by atoms with van der Waals surface area (Å²) in [6, 6.07) is 9.83. The standard InChI is InChI=1S/C21H15F6N3O2S2/c1-34(31,32)13-6-4-5-12(9-13)17-11-29-19(33-17)30-16(10-18(28)21(25,26)27)14-7-2-3-8-15(14)20(22,23)24/h2-9,11,28H,10H2,1H3. The molecule has 0 saturated carbocycles. The second-order valence-corrected chi connectivity index (χ2v) is 10.1. The third-order valence-electron chi connectivity index (χ3n) is 4.50. The molecular formula is C21H15F6N3O2S2. The Bertz CT molecular complexity index is 1360. The van der Waals surface area contributed by atoms with Crippen LogP contribution in [0.1, 0.15) is 17.5 Å². The molecule has 34 heavy (non-hydrogen) atoms. The third-order valence-corrected chi connectivity index (χ3v) is 6.55. The molecule has 0 atom stereocenters. The minimum absolute atomic E-state index is 0.0295. The fourth-order valence-corrected chi connectivity index (χ4v) is 4.37. The smallest absolute Gasteiger partial charge is 0.300 e. The molecule has 0 radical (unpaired) electrons. The maximum Gasteiger partial charge on any atom is 0.429 e. The Kier molecular flexibility index (Phi) is 6.99. The molecule has 0 aliphatic rings. The van der Waals surface area contributed by atoms with Gasteiger partial charge in [-0.25, -0.2) is 18.4 Å². The summed E-state index contributed by atoms with van der Waals surface area (Å²) in [4.78, 5) is 8.33. The number of nitrogens with zero attached hydrogens (tertiary/aromatic N) is 2. The molecule has 0 amide bonds. The van der Waals surface area contributed by atoms with Gasteiger partial charge in [0.25, 0.3) is 0 Å². The molecule has 2 aromatic carbocycles. The minimum atomic E-state index is -5.05. The zero-order chi connectivity index (χ0) is 25.3. The van der Waals surface area contributed by atoms with Gasteiger partial charge in [-0.15, -0.1) is 0 Å².